The van der Waals surface area contributed by atoms with E-state index in [1.807, 2.05) is 86.9 Å². The molecule has 0 spiro atoms. The molecule has 0 aliphatic heterocycles. The smallest absolute Gasteiger partial charge is 0.182 e. The van der Waals surface area contributed by atoms with E-state index in [0.717, 1.165) is 55.6 Å². The molecule has 0 saturated heterocycles. The first-order valence-electron chi connectivity index (χ1n) is 18.4. The minimum absolute atomic E-state index is 0. The number of rotatable bonds is 6. The third-order valence-corrected chi connectivity index (χ3v) is 8.85. The SMILES string of the molecule is CC(=O)/C=C(/C)O.[2H]C([2H])([2H])c1nc2nc(-c3[c-]c4ccccc4c(C(C)(C)C)c3)n(-c3ccc(-c4c(C([2H])(C)C)cccc4C([2H])(C)C)cc3)c2s1.[Ir]. The first-order chi connectivity index (χ1) is 24.5. The second-order valence-electron chi connectivity index (χ2n) is 13.5. The van der Waals surface area contributed by atoms with E-state index in [4.69, 9.17) is 16.9 Å². The molecule has 2 aromatic heterocycles. The molecule has 0 amide bonds. The zero-order valence-electron chi connectivity index (χ0n) is 34.4. The number of benzene rings is 4. The summed E-state index contributed by atoms with van der Waals surface area (Å²) in [5.41, 5.74) is 6.52. The molecule has 0 atom stereocenters. The molecule has 6 aromatic rings. The van der Waals surface area contributed by atoms with Gasteiger partial charge in [0.05, 0.1) is 16.6 Å². The summed E-state index contributed by atoms with van der Waals surface area (Å²) >= 11 is 1.13. The summed E-state index contributed by atoms with van der Waals surface area (Å²) in [6, 6.07) is 27.8. The molecule has 0 unspecified atom stereocenters. The molecular weight excluding hydrogens is 803 g/mol. The number of fused-ring (bicyclic) bond motifs is 2. The van der Waals surface area contributed by atoms with Crippen LogP contribution in [0.4, 0.5) is 0 Å². The molecule has 2 heterocycles. The van der Waals surface area contributed by atoms with Gasteiger partial charge in [-0.1, -0.05) is 119 Å². The number of hydrogen-bond acceptors (Lipinski definition) is 5. The van der Waals surface area contributed by atoms with E-state index in [9.17, 15) is 4.79 Å². The average molecular weight is 854 g/mol. The molecule has 1 N–H and O–H groups in total. The molecule has 0 fully saturated rings. The number of ketones is 1. The summed E-state index contributed by atoms with van der Waals surface area (Å²) in [7, 11) is 0. The quantitative estimate of drug-likeness (QED) is 0.103. The largest absolute Gasteiger partial charge is 0.512 e. The van der Waals surface area contributed by atoms with Gasteiger partial charge in [-0.05, 0) is 72.3 Å². The molecular formula is C42H46IrN3O2S-. The Balaban J connectivity index is 0.000000741. The van der Waals surface area contributed by atoms with Crippen LogP contribution < -0.4 is 0 Å². The number of carbonyl (C=O) groups excluding carboxylic acids is 1. The first kappa shape index (κ1) is 31.1. The molecule has 0 aliphatic carbocycles. The Morgan fingerprint density at radius 1 is 0.959 bits per heavy atom. The van der Waals surface area contributed by atoms with Gasteiger partial charge >= 0.3 is 0 Å². The van der Waals surface area contributed by atoms with Crippen LogP contribution in [0.5, 0.6) is 0 Å². The van der Waals surface area contributed by atoms with Crippen molar-refractivity contribution in [1.82, 2.24) is 14.5 Å². The summed E-state index contributed by atoms with van der Waals surface area (Å²) in [6.45, 7) is 14.5. The Hall–Kier alpha value is -3.90. The second kappa shape index (κ2) is 15.3. The summed E-state index contributed by atoms with van der Waals surface area (Å²) in [5.74, 6) is -1.17. The Morgan fingerprint density at radius 3 is 2.12 bits per heavy atom. The van der Waals surface area contributed by atoms with Gasteiger partial charge in [0.25, 0.3) is 0 Å². The van der Waals surface area contributed by atoms with Gasteiger partial charge in [-0.2, -0.15) is 0 Å². The Morgan fingerprint density at radius 2 is 1.59 bits per heavy atom. The van der Waals surface area contributed by atoms with Crippen molar-refractivity contribution in [2.75, 3.05) is 0 Å². The van der Waals surface area contributed by atoms with Crippen LogP contribution in [-0.2, 0) is 30.3 Å². The number of aromatic nitrogens is 3. The molecule has 49 heavy (non-hydrogen) atoms. The Kier molecular flexibility index (Phi) is 9.73. The minimum Gasteiger partial charge on any atom is -0.512 e. The third-order valence-electron chi connectivity index (χ3n) is 8.01. The van der Waals surface area contributed by atoms with Gasteiger partial charge in [0.2, 0.25) is 0 Å². The molecule has 257 valence electrons. The normalized spacial score (nSPS) is 14.1. The van der Waals surface area contributed by atoms with E-state index in [1.54, 1.807) is 0 Å². The van der Waals surface area contributed by atoms with Crippen LogP contribution in [0.25, 0.3) is 49.5 Å². The number of allylic oxidation sites excluding steroid dienone is 2. The molecule has 4 aromatic carbocycles. The summed E-state index contributed by atoms with van der Waals surface area (Å²) < 4.78 is 43.7. The number of carbonyl (C=O) groups is 1. The summed E-state index contributed by atoms with van der Waals surface area (Å²) in [4.78, 5) is 20.1. The van der Waals surface area contributed by atoms with Gasteiger partial charge < -0.3 is 9.67 Å². The third kappa shape index (κ3) is 8.29. The number of thiazole rings is 1. The van der Waals surface area contributed by atoms with Crippen LogP contribution in [0.2, 0.25) is 0 Å². The number of hydrogen-bond donors (Lipinski definition) is 1. The van der Waals surface area contributed by atoms with Gasteiger partial charge in [0.1, 0.15) is 4.83 Å². The van der Waals surface area contributed by atoms with Crippen molar-refractivity contribution in [1.29, 1.82) is 0 Å². The fourth-order valence-corrected chi connectivity index (χ4v) is 6.71. The van der Waals surface area contributed by atoms with Crippen LogP contribution in [0.1, 0.15) is 103 Å². The number of nitrogens with zero attached hydrogens (tertiary/aromatic N) is 3. The fraction of sp³-hybridized carbons (Fsp3) is 0.310. The van der Waals surface area contributed by atoms with Gasteiger partial charge in [-0.15, -0.1) is 29.1 Å². The van der Waals surface area contributed by atoms with Crippen molar-refractivity contribution in [3.63, 3.8) is 0 Å². The van der Waals surface area contributed by atoms with Crippen molar-refractivity contribution in [2.45, 2.75) is 86.4 Å². The molecule has 0 bridgehead atoms. The van der Waals surface area contributed by atoms with E-state index in [2.05, 4.69) is 50.0 Å². The molecule has 0 saturated carbocycles. The second-order valence-corrected chi connectivity index (χ2v) is 14.5. The Labute approximate surface area is 315 Å². The predicted molar refractivity (Wildman–Crippen MR) is 203 cm³/mol. The van der Waals surface area contributed by atoms with E-state index in [1.165, 1.54) is 25.5 Å². The van der Waals surface area contributed by atoms with Crippen LogP contribution in [0.3, 0.4) is 0 Å². The number of imidazole rings is 1. The van der Waals surface area contributed by atoms with Gasteiger partial charge in [-0.3, -0.25) is 4.79 Å². The number of aliphatic hydroxyl groups excluding tert-OH is 1. The zero-order valence-corrected chi connectivity index (χ0v) is 32.7. The van der Waals surface area contributed by atoms with Crippen LogP contribution in [0.15, 0.2) is 84.6 Å². The summed E-state index contributed by atoms with van der Waals surface area (Å²) in [6.07, 6.45) is 1.17. The maximum atomic E-state index is 10.0. The van der Waals surface area contributed by atoms with Gasteiger partial charge in [0.15, 0.2) is 11.4 Å². The van der Waals surface area contributed by atoms with E-state index in [0.29, 0.717) is 16.3 Å². The van der Waals surface area contributed by atoms with E-state index >= 15 is 0 Å². The predicted octanol–water partition coefficient (Wildman–Crippen LogP) is 11.7. The van der Waals surface area contributed by atoms with E-state index in [-0.39, 0.29) is 42.1 Å². The zero-order chi connectivity index (χ0) is 39.3. The van der Waals surface area contributed by atoms with Crippen molar-refractivity contribution >= 4 is 38.4 Å². The molecule has 7 heteroatoms. The topological polar surface area (TPSA) is 68.0 Å². The van der Waals surface area contributed by atoms with Gasteiger partial charge in [-0.25, -0.2) is 9.97 Å². The Bertz CT molecular complexity index is 2300. The van der Waals surface area contributed by atoms with Crippen LogP contribution in [-0.4, -0.2) is 25.4 Å². The van der Waals surface area contributed by atoms with Crippen molar-refractivity contribution in [3.8, 4) is 28.2 Å². The van der Waals surface area contributed by atoms with Crippen LogP contribution >= 0.6 is 11.3 Å². The average Bonchev–Trinajstić information content (AvgIpc) is 3.61. The summed E-state index contributed by atoms with van der Waals surface area (Å²) in [5, 5.41) is 10.5. The standard InChI is InChI=1S/C37H38N3S.C5H8O2.Ir/c1-22(2)29-14-11-15-30(23(3)4)33(29)25-16-18-28(19-17-25)40-35(39-34-36(40)41-24(5)38-34)27-20-26-12-9-10-13-31(26)32(21-27)37(6,7)8;1-4(6)3-5(2)7;/h9-19,21-23H,1-8H3;3,6H,1-2H3;/q-1;;/b;4-3-;/i5D3,22D,23D;;. The fourth-order valence-electron chi connectivity index (χ4n) is 5.93. The minimum atomic E-state index is -2.35. The molecule has 0 aliphatic rings. The molecule has 6 rings (SSSR count). The number of aliphatic hydroxyl groups is 1. The van der Waals surface area contributed by atoms with Gasteiger partial charge in [0, 0.05) is 38.7 Å². The molecule has 1 radical (unpaired) electrons. The van der Waals surface area contributed by atoms with Crippen molar-refractivity contribution in [3.05, 3.63) is 112 Å². The maximum Gasteiger partial charge on any atom is 0.182 e. The van der Waals surface area contributed by atoms with Crippen molar-refractivity contribution < 1.29 is 36.9 Å². The first-order valence-corrected chi connectivity index (χ1v) is 16.8. The van der Waals surface area contributed by atoms with Crippen LogP contribution in [0, 0.1) is 12.9 Å². The maximum absolute atomic E-state index is 10.0. The van der Waals surface area contributed by atoms with Crippen molar-refractivity contribution in [2.24, 2.45) is 0 Å². The monoisotopic (exact) mass is 854 g/mol. The number of aryl methyl sites for hydroxylation is 1. The molecule has 5 nitrogen and oxygen atoms in total. The van der Waals surface area contributed by atoms with E-state index < -0.39 is 18.6 Å².